The number of benzene rings is 1. The predicted octanol–water partition coefficient (Wildman–Crippen LogP) is 3.42. The van der Waals surface area contributed by atoms with Gasteiger partial charge in [-0.15, -0.1) is 0 Å². The lowest BCUT2D eigenvalue weighted by molar-refractivity contribution is -0.107. The molecule has 1 aromatic carbocycles. The van der Waals surface area contributed by atoms with Gasteiger partial charge in [-0.05, 0) is 24.1 Å². The first-order valence-corrected chi connectivity index (χ1v) is 8.89. The number of thioether (sulfide) groups is 1. The first-order chi connectivity index (χ1) is 11.6. The van der Waals surface area contributed by atoms with Gasteiger partial charge >= 0.3 is 0 Å². The number of amides is 1. The van der Waals surface area contributed by atoms with Crippen LogP contribution in [0.3, 0.4) is 0 Å². The topological polar surface area (TPSA) is 84.1 Å². The molecule has 0 aliphatic rings. The molecule has 1 heterocycles. The van der Waals surface area contributed by atoms with Gasteiger partial charge < -0.3 is 11.1 Å². The lowest BCUT2D eigenvalue weighted by Crippen LogP contribution is -2.24. The lowest BCUT2D eigenvalue weighted by Gasteiger charge is -2.21. The summed E-state index contributed by atoms with van der Waals surface area (Å²) in [5.41, 5.74) is 7.46. The highest BCUT2D eigenvalue weighted by atomic mass is 35.5. The monoisotopic (exact) mass is 365 g/mol. The molecule has 0 fully saturated rings. The van der Waals surface area contributed by atoms with Crippen LogP contribution in [0.4, 0.5) is 17.3 Å². The number of nitrogens with one attached hydrogen (secondary N) is 1. The van der Waals surface area contributed by atoms with E-state index in [1.807, 2.05) is 18.2 Å². The summed E-state index contributed by atoms with van der Waals surface area (Å²) in [5.74, 6) is 1.66. The minimum absolute atomic E-state index is 0.319. The van der Waals surface area contributed by atoms with Crippen LogP contribution in [0.1, 0.15) is 18.9 Å². The van der Waals surface area contributed by atoms with Gasteiger partial charge in [0, 0.05) is 17.8 Å². The molecule has 2 aromatic rings. The third kappa shape index (κ3) is 4.52. The molecule has 0 aliphatic heterocycles. The van der Waals surface area contributed by atoms with E-state index >= 15 is 0 Å². The molecule has 0 aliphatic carbocycles. The minimum atomic E-state index is 0.319. The van der Waals surface area contributed by atoms with Gasteiger partial charge in [0.25, 0.3) is 0 Å². The first-order valence-electron chi connectivity index (χ1n) is 7.53. The van der Waals surface area contributed by atoms with E-state index in [4.69, 9.17) is 17.3 Å². The van der Waals surface area contributed by atoms with Crippen molar-refractivity contribution < 1.29 is 4.79 Å². The zero-order valence-corrected chi connectivity index (χ0v) is 15.2. The van der Waals surface area contributed by atoms with E-state index in [9.17, 15) is 4.79 Å². The number of halogens is 1. The summed E-state index contributed by atoms with van der Waals surface area (Å²) in [6.07, 6.45) is 1.73. The Morgan fingerprint density at radius 3 is 2.83 bits per heavy atom. The average Bonchev–Trinajstić information content (AvgIpc) is 2.57. The molecule has 1 amide bonds. The maximum atomic E-state index is 11.7. The number of hydrogen-bond donors (Lipinski definition) is 2. The minimum Gasteiger partial charge on any atom is -0.382 e. The molecule has 0 unspecified atom stereocenters. The SMILES string of the molecule is CCCSc1nc(N)c(NC)c(N(C=O)Cc2cccc(Cl)c2)n1. The van der Waals surface area contributed by atoms with E-state index in [1.165, 1.54) is 16.7 Å². The van der Waals surface area contributed by atoms with Crippen LogP contribution in [0.2, 0.25) is 5.02 Å². The summed E-state index contributed by atoms with van der Waals surface area (Å²) in [6.45, 7) is 2.42. The van der Waals surface area contributed by atoms with Gasteiger partial charge in [-0.2, -0.15) is 0 Å². The number of nitrogen functional groups attached to an aromatic ring is 1. The van der Waals surface area contributed by atoms with Crippen molar-refractivity contribution >= 4 is 47.1 Å². The Hall–Kier alpha value is -1.99. The molecule has 0 saturated heterocycles. The van der Waals surface area contributed by atoms with Crippen molar-refractivity contribution in [2.75, 3.05) is 28.8 Å². The molecule has 2 rings (SSSR count). The molecule has 0 spiro atoms. The molecule has 0 radical (unpaired) electrons. The van der Waals surface area contributed by atoms with Crippen LogP contribution in [0, 0.1) is 0 Å². The van der Waals surface area contributed by atoms with Crippen LogP contribution in [-0.4, -0.2) is 29.2 Å². The molecule has 0 saturated carbocycles. The summed E-state index contributed by atoms with van der Waals surface area (Å²) in [5, 5.41) is 4.15. The molecular weight excluding hydrogens is 346 g/mol. The van der Waals surface area contributed by atoms with E-state index in [0.29, 0.717) is 34.0 Å². The lowest BCUT2D eigenvalue weighted by atomic mass is 10.2. The van der Waals surface area contributed by atoms with Crippen LogP contribution in [0.15, 0.2) is 29.4 Å². The Balaban J connectivity index is 2.37. The Morgan fingerprint density at radius 2 is 2.21 bits per heavy atom. The highest BCUT2D eigenvalue weighted by Gasteiger charge is 2.18. The molecule has 128 valence electrons. The van der Waals surface area contributed by atoms with Crippen molar-refractivity contribution in [2.24, 2.45) is 0 Å². The van der Waals surface area contributed by atoms with E-state index in [-0.39, 0.29) is 0 Å². The first kappa shape index (κ1) is 18.4. The molecule has 8 heteroatoms. The molecule has 6 nitrogen and oxygen atoms in total. The van der Waals surface area contributed by atoms with E-state index < -0.39 is 0 Å². The smallest absolute Gasteiger partial charge is 0.215 e. The summed E-state index contributed by atoms with van der Waals surface area (Å²) in [7, 11) is 1.72. The second kappa shape index (κ2) is 8.75. The summed E-state index contributed by atoms with van der Waals surface area (Å²) < 4.78 is 0. The van der Waals surface area contributed by atoms with Gasteiger partial charge in [0.2, 0.25) is 6.41 Å². The van der Waals surface area contributed by atoms with Crippen molar-refractivity contribution in [3.63, 3.8) is 0 Å². The number of anilines is 3. The Labute approximate surface area is 150 Å². The maximum Gasteiger partial charge on any atom is 0.215 e. The van der Waals surface area contributed by atoms with Gasteiger partial charge in [-0.1, -0.05) is 42.4 Å². The summed E-state index contributed by atoms with van der Waals surface area (Å²) >= 11 is 7.53. The van der Waals surface area contributed by atoms with Gasteiger partial charge in [0.15, 0.2) is 16.8 Å². The number of nitrogens with two attached hydrogens (primary N) is 1. The predicted molar refractivity (Wildman–Crippen MR) is 101 cm³/mol. The standard InChI is InChI=1S/C16H20ClN5OS/c1-3-7-24-16-20-14(18)13(19-2)15(21-16)22(10-23)9-11-5-4-6-12(17)8-11/h4-6,8,10,19H,3,7,9H2,1-2H3,(H2,18,20,21). The van der Waals surface area contributed by atoms with Crippen LogP contribution >= 0.6 is 23.4 Å². The number of carbonyl (C=O) groups excluding carboxylic acids is 1. The number of carbonyl (C=O) groups is 1. The fraction of sp³-hybridized carbons (Fsp3) is 0.312. The van der Waals surface area contributed by atoms with Crippen molar-refractivity contribution in [1.29, 1.82) is 0 Å². The van der Waals surface area contributed by atoms with E-state index in [2.05, 4.69) is 22.2 Å². The van der Waals surface area contributed by atoms with Crippen molar-refractivity contribution in [2.45, 2.75) is 25.0 Å². The number of aromatic nitrogens is 2. The Kier molecular flexibility index (Phi) is 6.69. The molecule has 0 atom stereocenters. The van der Waals surface area contributed by atoms with Gasteiger partial charge in [0.05, 0.1) is 6.54 Å². The van der Waals surface area contributed by atoms with Gasteiger partial charge in [-0.3, -0.25) is 9.69 Å². The highest BCUT2D eigenvalue weighted by Crippen LogP contribution is 2.31. The molecule has 0 bridgehead atoms. The van der Waals surface area contributed by atoms with Crippen molar-refractivity contribution in [3.05, 3.63) is 34.9 Å². The molecule has 3 N–H and O–H groups in total. The second-order valence-electron chi connectivity index (χ2n) is 5.05. The fourth-order valence-electron chi connectivity index (χ4n) is 2.14. The zero-order valence-electron chi connectivity index (χ0n) is 13.6. The number of rotatable bonds is 8. The quantitative estimate of drug-likeness (QED) is 0.423. The normalized spacial score (nSPS) is 10.5. The average molecular weight is 366 g/mol. The number of hydrogen-bond acceptors (Lipinski definition) is 6. The summed E-state index contributed by atoms with van der Waals surface area (Å²) in [6, 6.07) is 7.35. The highest BCUT2D eigenvalue weighted by molar-refractivity contribution is 7.99. The van der Waals surface area contributed by atoms with Gasteiger partial charge in [0.1, 0.15) is 5.69 Å². The molecule has 24 heavy (non-hydrogen) atoms. The van der Waals surface area contributed by atoms with E-state index in [0.717, 1.165) is 24.1 Å². The third-order valence-electron chi connectivity index (χ3n) is 3.22. The Bertz CT molecular complexity index is 713. The van der Waals surface area contributed by atoms with Gasteiger partial charge in [-0.25, -0.2) is 9.97 Å². The van der Waals surface area contributed by atoms with Crippen LogP contribution < -0.4 is 16.0 Å². The Morgan fingerprint density at radius 1 is 1.42 bits per heavy atom. The third-order valence-corrected chi connectivity index (χ3v) is 4.51. The fourth-order valence-corrected chi connectivity index (χ4v) is 3.06. The molecular formula is C16H20ClN5OS. The zero-order chi connectivity index (χ0) is 17.5. The van der Waals surface area contributed by atoms with Crippen molar-refractivity contribution in [3.8, 4) is 0 Å². The molecule has 1 aromatic heterocycles. The van der Waals surface area contributed by atoms with Crippen molar-refractivity contribution in [1.82, 2.24) is 9.97 Å². The van der Waals surface area contributed by atoms with Crippen LogP contribution in [0.25, 0.3) is 0 Å². The maximum absolute atomic E-state index is 11.7. The second-order valence-corrected chi connectivity index (χ2v) is 6.55. The number of nitrogens with zero attached hydrogens (tertiary/aromatic N) is 3. The van der Waals surface area contributed by atoms with Crippen LogP contribution in [-0.2, 0) is 11.3 Å². The summed E-state index contributed by atoms with van der Waals surface area (Å²) in [4.78, 5) is 21.9. The largest absolute Gasteiger partial charge is 0.382 e. The van der Waals surface area contributed by atoms with Crippen LogP contribution in [0.5, 0.6) is 0 Å². The van der Waals surface area contributed by atoms with E-state index in [1.54, 1.807) is 13.1 Å².